The zero-order valence-corrected chi connectivity index (χ0v) is 9.73. The number of nitro groups is 2. The molecule has 1 aromatic rings. The Balaban J connectivity index is 0.00000289. The third-order valence-corrected chi connectivity index (χ3v) is 1.81. The molecule has 1 radical (unpaired) electrons. The van der Waals surface area contributed by atoms with Crippen molar-refractivity contribution in [2.75, 3.05) is 0 Å². The van der Waals surface area contributed by atoms with Crippen LogP contribution in [0.1, 0.15) is 5.56 Å². The molecule has 0 saturated carbocycles. The van der Waals surface area contributed by atoms with Crippen molar-refractivity contribution < 1.29 is 36.5 Å². The molecule has 0 atom stereocenters. The van der Waals surface area contributed by atoms with Gasteiger partial charge in [0.2, 0.25) is 5.75 Å². The second-order valence-electron chi connectivity index (χ2n) is 2.94. The number of rotatable bonds is 4. The standard InChI is InChI=1S/C7H5N3O7.Co/c1-4-2-5(8(11)12)3-6(9(13)14)7(4)17-10(15)16;/h2-3H,1H3;/q;+2. The van der Waals surface area contributed by atoms with Gasteiger partial charge in [0.15, 0.2) is 0 Å². The SMILES string of the molecule is Cc1cc([N+](=O)[O-])cc([N+](=O)[O-])c1O[N+](=O)[O-].[Co+2]. The molecule has 1 aromatic carbocycles. The fourth-order valence-corrected chi connectivity index (χ4v) is 1.17. The molecule has 1 rings (SSSR count). The number of hydrogen-bond acceptors (Lipinski definition) is 7. The maximum absolute atomic E-state index is 10.6. The predicted molar refractivity (Wildman–Crippen MR) is 52.1 cm³/mol. The Bertz CT molecular complexity index is 518. The molecule has 10 nitrogen and oxygen atoms in total. The van der Waals surface area contributed by atoms with Gasteiger partial charge in [-0.1, -0.05) is 0 Å². The number of nitro benzene ring substituents is 2. The van der Waals surface area contributed by atoms with Crippen LogP contribution in [-0.2, 0) is 16.8 Å². The zero-order valence-electron chi connectivity index (χ0n) is 8.69. The summed E-state index contributed by atoms with van der Waals surface area (Å²) in [5.74, 6) is -0.620. The molecule has 0 spiro atoms. The van der Waals surface area contributed by atoms with Crippen molar-refractivity contribution >= 4 is 11.4 Å². The second kappa shape index (κ2) is 5.88. The van der Waals surface area contributed by atoms with Crippen molar-refractivity contribution in [3.63, 3.8) is 0 Å². The van der Waals surface area contributed by atoms with E-state index in [1.807, 2.05) is 0 Å². The van der Waals surface area contributed by atoms with Gasteiger partial charge < -0.3 is 0 Å². The number of aryl methyl sites for hydroxylation is 1. The fraction of sp³-hybridized carbons (Fsp3) is 0.143. The topological polar surface area (TPSA) is 139 Å². The first-order valence-corrected chi connectivity index (χ1v) is 4.08. The smallest absolute Gasteiger partial charge is 0.269 e. The summed E-state index contributed by atoms with van der Waals surface area (Å²) < 4.78 is 0. The zero-order chi connectivity index (χ0) is 13.2. The molecule has 0 N–H and O–H groups in total. The van der Waals surface area contributed by atoms with Gasteiger partial charge >= 0.3 is 22.5 Å². The van der Waals surface area contributed by atoms with Crippen LogP contribution in [0.4, 0.5) is 11.4 Å². The third kappa shape index (κ3) is 3.36. The minimum atomic E-state index is -1.22. The molecule has 0 heterocycles. The first kappa shape index (κ1) is 15.7. The fourth-order valence-electron chi connectivity index (χ4n) is 1.17. The monoisotopic (exact) mass is 302 g/mol. The summed E-state index contributed by atoms with van der Waals surface area (Å²) in [4.78, 5) is 33.4. The predicted octanol–water partition coefficient (Wildman–Crippen LogP) is 1.38. The number of nitrogens with zero attached hydrogens (tertiary/aromatic N) is 3. The van der Waals surface area contributed by atoms with E-state index in [4.69, 9.17) is 0 Å². The molecular weight excluding hydrogens is 297 g/mol. The van der Waals surface area contributed by atoms with E-state index < -0.39 is 32.1 Å². The van der Waals surface area contributed by atoms with E-state index in [-0.39, 0.29) is 22.3 Å². The van der Waals surface area contributed by atoms with E-state index in [1.54, 1.807) is 0 Å². The largest absolute Gasteiger partial charge is 2.00 e. The maximum atomic E-state index is 10.6. The van der Waals surface area contributed by atoms with Gasteiger partial charge in [0, 0.05) is 6.07 Å². The molecule has 0 aliphatic rings. The van der Waals surface area contributed by atoms with Gasteiger partial charge in [0.1, 0.15) is 0 Å². The van der Waals surface area contributed by atoms with Crippen molar-refractivity contribution in [1.82, 2.24) is 0 Å². The summed E-state index contributed by atoms with van der Waals surface area (Å²) in [5.41, 5.74) is -1.43. The molecule has 0 amide bonds. The quantitative estimate of drug-likeness (QED) is 0.604. The Kier molecular flexibility index (Phi) is 5.14. The molecule has 97 valence electrons. The van der Waals surface area contributed by atoms with E-state index in [9.17, 15) is 30.3 Å². The molecule has 11 heteroatoms. The van der Waals surface area contributed by atoms with Crippen LogP contribution in [0.25, 0.3) is 0 Å². The van der Waals surface area contributed by atoms with Crippen molar-refractivity contribution in [2.45, 2.75) is 6.92 Å². The van der Waals surface area contributed by atoms with Gasteiger partial charge in [0.25, 0.3) is 10.8 Å². The summed E-state index contributed by atoms with van der Waals surface area (Å²) in [5, 5.41) is 30.0. The Hall–Kier alpha value is -2.27. The molecule has 0 fully saturated rings. The van der Waals surface area contributed by atoms with Gasteiger partial charge in [-0.15, -0.1) is 10.1 Å². The summed E-state index contributed by atoms with van der Waals surface area (Å²) in [6.45, 7) is 1.23. The number of non-ortho nitro benzene ring substituents is 1. The number of hydrogen-bond donors (Lipinski definition) is 0. The van der Waals surface area contributed by atoms with Crippen LogP contribution in [0.3, 0.4) is 0 Å². The van der Waals surface area contributed by atoms with E-state index in [0.29, 0.717) is 6.07 Å². The van der Waals surface area contributed by atoms with Crippen LogP contribution in [0.15, 0.2) is 12.1 Å². The van der Waals surface area contributed by atoms with Gasteiger partial charge in [-0.05, 0) is 12.5 Å². The second-order valence-corrected chi connectivity index (χ2v) is 2.94. The summed E-state index contributed by atoms with van der Waals surface area (Å²) in [6, 6.07) is 1.55. The first-order valence-electron chi connectivity index (χ1n) is 4.08. The van der Waals surface area contributed by atoms with Gasteiger partial charge in [0.05, 0.1) is 15.9 Å². The summed E-state index contributed by atoms with van der Waals surface area (Å²) in [6.07, 6.45) is 0. The molecule has 0 aliphatic carbocycles. The van der Waals surface area contributed by atoms with Gasteiger partial charge in [-0.2, -0.15) is 0 Å². The van der Waals surface area contributed by atoms with Crippen LogP contribution in [-0.4, -0.2) is 14.9 Å². The van der Waals surface area contributed by atoms with Crippen molar-refractivity contribution in [1.29, 1.82) is 0 Å². The molecular formula is C7H5CoN3O7+2. The van der Waals surface area contributed by atoms with E-state index in [0.717, 1.165) is 6.07 Å². The average Bonchev–Trinajstić information content (AvgIpc) is 2.19. The van der Waals surface area contributed by atoms with Crippen molar-refractivity contribution in [3.8, 4) is 5.75 Å². The maximum Gasteiger partial charge on any atom is 2.00 e. The van der Waals surface area contributed by atoms with Crippen LogP contribution >= 0.6 is 0 Å². The third-order valence-electron chi connectivity index (χ3n) is 1.81. The van der Waals surface area contributed by atoms with Crippen LogP contribution in [0.5, 0.6) is 5.75 Å². The molecule has 0 unspecified atom stereocenters. The number of benzene rings is 1. The molecule has 18 heavy (non-hydrogen) atoms. The van der Waals surface area contributed by atoms with Gasteiger partial charge in [-0.25, -0.2) is 0 Å². The molecule has 0 saturated heterocycles. The average molecular weight is 302 g/mol. The van der Waals surface area contributed by atoms with Crippen LogP contribution < -0.4 is 4.84 Å². The Morgan fingerprint density at radius 3 is 2.00 bits per heavy atom. The Morgan fingerprint density at radius 2 is 1.61 bits per heavy atom. The first-order chi connectivity index (χ1) is 7.82. The summed E-state index contributed by atoms with van der Waals surface area (Å²) >= 11 is 0. The Labute approximate surface area is 109 Å². The molecule has 0 aliphatic heterocycles. The van der Waals surface area contributed by atoms with Gasteiger partial charge in [-0.3, -0.25) is 25.1 Å². The summed E-state index contributed by atoms with van der Waals surface area (Å²) in [7, 11) is 0. The normalized spacial score (nSPS) is 9.17. The van der Waals surface area contributed by atoms with Crippen molar-refractivity contribution in [2.24, 2.45) is 0 Å². The van der Waals surface area contributed by atoms with E-state index in [2.05, 4.69) is 4.84 Å². The molecule has 0 aromatic heterocycles. The van der Waals surface area contributed by atoms with Crippen LogP contribution in [0, 0.1) is 37.3 Å². The molecule has 0 bridgehead atoms. The van der Waals surface area contributed by atoms with Crippen molar-refractivity contribution in [3.05, 3.63) is 48.0 Å². The minimum Gasteiger partial charge on any atom is -0.269 e. The van der Waals surface area contributed by atoms with E-state index in [1.165, 1.54) is 6.92 Å². The van der Waals surface area contributed by atoms with E-state index >= 15 is 0 Å². The minimum absolute atomic E-state index is 0. The van der Waals surface area contributed by atoms with Crippen LogP contribution in [0.2, 0.25) is 0 Å². The Morgan fingerprint density at radius 1 is 1.06 bits per heavy atom.